The molecule has 5 heteroatoms. The third-order valence-electron chi connectivity index (χ3n) is 2.29. The minimum absolute atomic E-state index is 0.252. The van der Waals surface area contributed by atoms with Gasteiger partial charge in [0, 0.05) is 31.2 Å². The second-order valence-corrected chi connectivity index (χ2v) is 3.48. The average molecular weight is 228 g/mol. The van der Waals surface area contributed by atoms with Crippen LogP contribution >= 0.6 is 0 Å². The highest BCUT2D eigenvalue weighted by atomic mass is 16.2. The van der Waals surface area contributed by atoms with Gasteiger partial charge >= 0.3 is 0 Å². The number of pyridine rings is 1. The number of aryl methyl sites for hydroxylation is 1. The Bertz CT molecular complexity index is 530. The van der Waals surface area contributed by atoms with Crippen LogP contribution in [0, 0.1) is 0 Å². The molecule has 0 bridgehead atoms. The van der Waals surface area contributed by atoms with E-state index in [1.165, 1.54) is 0 Å². The number of hydrogen-bond acceptors (Lipinski definition) is 3. The summed E-state index contributed by atoms with van der Waals surface area (Å²) in [5.74, 6) is -0.252. The molecule has 0 spiro atoms. The van der Waals surface area contributed by atoms with Gasteiger partial charge in [-0.2, -0.15) is 5.10 Å². The van der Waals surface area contributed by atoms with Gasteiger partial charge in [0.25, 0.3) is 5.91 Å². The average Bonchev–Trinajstić information content (AvgIpc) is 2.76. The number of hydrogen-bond donors (Lipinski definition) is 1. The molecule has 86 valence electrons. The lowest BCUT2D eigenvalue weighted by molar-refractivity contribution is 0.0955. The first-order valence-corrected chi connectivity index (χ1v) is 5.12. The number of hydrazone groups is 1. The van der Waals surface area contributed by atoms with Gasteiger partial charge < -0.3 is 4.57 Å². The van der Waals surface area contributed by atoms with Gasteiger partial charge in [0.2, 0.25) is 0 Å². The van der Waals surface area contributed by atoms with Crippen molar-refractivity contribution in [1.29, 1.82) is 0 Å². The molecule has 5 nitrogen and oxygen atoms in total. The number of nitrogens with zero attached hydrogens (tertiary/aromatic N) is 3. The van der Waals surface area contributed by atoms with Crippen molar-refractivity contribution in [3.8, 4) is 0 Å². The van der Waals surface area contributed by atoms with Gasteiger partial charge in [0.1, 0.15) is 0 Å². The van der Waals surface area contributed by atoms with E-state index in [2.05, 4.69) is 15.5 Å². The number of carbonyl (C=O) groups excluding carboxylic acids is 1. The number of carbonyl (C=O) groups is 1. The van der Waals surface area contributed by atoms with E-state index in [9.17, 15) is 4.79 Å². The Kier molecular flexibility index (Phi) is 3.30. The molecule has 1 N–H and O–H groups in total. The van der Waals surface area contributed by atoms with E-state index in [1.54, 1.807) is 30.7 Å². The Morgan fingerprint density at radius 2 is 2.18 bits per heavy atom. The van der Waals surface area contributed by atoms with Gasteiger partial charge in [-0.3, -0.25) is 9.78 Å². The second kappa shape index (κ2) is 5.07. The van der Waals surface area contributed by atoms with Crippen molar-refractivity contribution < 1.29 is 4.79 Å². The molecule has 0 saturated heterocycles. The molecule has 2 heterocycles. The molecule has 0 aromatic carbocycles. The SMILES string of the molecule is Cn1cccc1C=NNC(=O)c1ccncc1. The van der Waals surface area contributed by atoms with Crippen LogP contribution in [0.5, 0.6) is 0 Å². The van der Waals surface area contributed by atoms with Gasteiger partial charge in [0.05, 0.1) is 11.9 Å². The Balaban J connectivity index is 1.97. The maximum atomic E-state index is 11.6. The number of aromatic nitrogens is 2. The first-order chi connectivity index (χ1) is 8.27. The lowest BCUT2D eigenvalue weighted by Gasteiger charge is -1.99. The van der Waals surface area contributed by atoms with Gasteiger partial charge in [-0.15, -0.1) is 0 Å². The largest absolute Gasteiger partial charge is 0.350 e. The van der Waals surface area contributed by atoms with Gasteiger partial charge in [-0.1, -0.05) is 0 Å². The van der Waals surface area contributed by atoms with Crippen LogP contribution in [-0.2, 0) is 7.05 Å². The third-order valence-corrected chi connectivity index (χ3v) is 2.29. The molecule has 0 aliphatic rings. The van der Waals surface area contributed by atoms with E-state index >= 15 is 0 Å². The molecule has 0 fully saturated rings. The standard InChI is InChI=1S/C12H12N4O/c1-16-8-2-3-11(16)9-14-15-12(17)10-4-6-13-7-5-10/h2-9H,1H3,(H,15,17). The minimum Gasteiger partial charge on any atom is -0.350 e. The number of nitrogens with one attached hydrogen (secondary N) is 1. The Labute approximate surface area is 98.8 Å². The summed E-state index contributed by atoms with van der Waals surface area (Å²) < 4.78 is 1.90. The summed E-state index contributed by atoms with van der Waals surface area (Å²) in [7, 11) is 1.91. The van der Waals surface area contributed by atoms with Crippen LogP contribution in [0.3, 0.4) is 0 Å². The molecule has 2 rings (SSSR count). The molecular weight excluding hydrogens is 216 g/mol. The van der Waals surface area contributed by atoms with Crippen LogP contribution < -0.4 is 5.43 Å². The van der Waals surface area contributed by atoms with Crippen molar-refractivity contribution in [3.63, 3.8) is 0 Å². The highest BCUT2D eigenvalue weighted by molar-refractivity contribution is 5.94. The van der Waals surface area contributed by atoms with Crippen LogP contribution in [-0.4, -0.2) is 21.7 Å². The van der Waals surface area contributed by atoms with Crippen LogP contribution in [0.25, 0.3) is 0 Å². The molecule has 0 unspecified atom stereocenters. The van der Waals surface area contributed by atoms with Gasteiger partial charge in [-0.05, 0) is 24.3 Å². The monoisotopic (exact) mass is 228 g/mol. The highest BCUT2D eigenvalue weighted by Gasteiger charge is 2.01. The Morgan fingerprint density at radius 3 is 2.82 bits per heavy atom. The van der Waals surface area contributed by atoms with Crippen molar-refractivity contribution in [2.24, 2.45) is 12.1 Å². The van der Waals surface area contributed by atoms with E-state index in [-0.39, 0.29) is 5.91 Å². The van der Waals surface area contributed by atoms with E-state index in [1.807, 2.05) is 29.9 Å². The highest BCUT2D eigenvalue weighted by Crippen LogP contribution is 1.96. The van der Waals surface area contributed by atoms with Crippen LogP contribution in [0.2, 0.25) is 0 Å². The molecule has 17 heavy (non-hydrogen) atoms. The third kappa shape index (κ3) is 2.78. The summed E-state index contributed by atoms with van der Waals surface area (Å²) in [5.41, 5.74) is 3.90. The van der Waals surface area contributed by atoms with Gasteiger partial charge in [0.15, 0.2) is 0 Å². The Hall–Kier alpha value is -2.43. The molecule has 0 aliphatic carbocycles. The molecule has 0 saturated carbocycles. The van der Waals surface area contributed by atoms with Crippen molar-refractivity contribution in [1.82, 2.24) is 15.0 Å². The normalized spacial score (nSPS) is 10.6. The molecule has 1 amide bonds. The van der Waals surface area contributed by atoms with Crippen molar-refractivity contribution in [2.75, 3.05) is 0 Å². The summed E-state index contributed by atoms with van der Waals surface area (Å²) in [5, 5.41) is 3.89. The molecule has 0 radical (unpaired) electrons. The fraction of sp³-hybridized carbons (Fsp3) is 0.0833. The predicted octanol–water partition coefficient (Wildman–Crippen LogP) is 1.18. The molecule has 2 aromatic rings. The molecular formula is C12H12N4O. The van der Waals surface area contributed by atoms with E-state index in [0.717, 1.165) is 5.69 Å². The smallest absolute Gasteiger partial charge is 0.271 e. The number of amides is 1. The fourth-order valence-electron chi connectivity index (χ4n) is 1.33. The van der Waals surface area contributed by atoms with Crippen LogP contribution in [0.15, 0.2) is 48.0 Å². The zero-order chi connectivity index (χ0) is 12.1. The topological polar surface area (TPSA) is 59.3 Å². The van der Waals surface area contributed by atoms with E-state index < -0.39 is 0 Å². The zero-order valence-corrected chi connectivity index (χ0v) is 9.37. The minimum atomic E-state index is -0.252. The summed E-state index contributed by atoms with van der Waals surface area (Å²) in [6.45, 7) is 0. The molecule has 2 aromatic heterocycles. The fourth-order valence-corrected chi connectivity index (χ4v) is 1.33. The van der Waals surface area contributed by atoms with Crippen LogP contribution in [0.4, 0.5) is 0 Å². The van der Waals surface area contributed by atoms with Gasteiger partial charge in [-0.25, -0.2) is 5.43 Å². The summed E-state index contributed by atoms with van der Waals surface area (Å²) in [6.07, 6.45) is 6.64. The summed E-state index contributed by atoms with van der Waals surface area (Å²) >= 11 is 0. The lowest BCUT2D eigenvalue weighted by Crippen LogP contribution is -2.17. The van der Waals surface area contributed by atoms with E-state index in [0.29, 0.717) is 5.56 Å². The Morgan fingerprint density at radius 1 is 1.41 bits per heavy atom. The van der Waals surface area contributed by atoms with Crippen molar-refractivity contribution in [2.45, 2.75) is 0 Å². The lowest BCUT2D eigenvalue weighted by atomic mass is 10.3. The summed E-state index contributed by atoms with van der Waals surface area (Å²) in [6, 6.07) is 7.08. The van der Waals surface area contributed by atoms with E-state index in [4.69, 9.17) is 0 Å². The first kappa shape index (κ1) is 11.1. The maximum Gasteiger partial charge on any atom is 0.271 e. The second-order valence-electron chi connectivity index (χ2n) is 3.48. The van der Waals surface area contributed by atoms with Crippen molar-refractivity contribution in [3.05, 3.63) is 54.1 Å². The number of rotatable bonds is 3. The first-order valence-electron chi connectivity index (χ1n) is 5.12. The van der Waals surface area contributed by atoms with Crippen LogP contribution in [0.1, 0.15) is 16.1 Å². The molecule has 0 atom stereocenters. The quantitative estimate of drug-likeness (QED) is 0.633. The predicted molar refractivity (Wildman–Crippen MR) is 64.7 cm³/mol. The summed E-state index contributed by atoms with van der Waals surface area (Å²) in [4.78, 5) is 15.4. The zero-order valence-electron chi connectivity index (χ0n) is 9.37. The van der Waals surface area contributed by atoms with Crippen molar-refractivity contribution >= 4 is 12.1 Å². The maximum absolute atomic E-state index is 11.6. The molecule has 0 aliphatic heterocycles.